The second kappa shape index (κ2) is 13.0. The molecule has 3 aliphatic rings. The van der Waals surface area contributed by atoms with Crippen LogP contribution in [0.3, 0.4) is 0 Å². The number of likely N-dealkylation sites (tertiary alicyclic amines) is 1. The van der Waals surface area contributed by atoms with Gasteiger partial charge in [0.2, 0.25) is 0 Å². The van der Waals surface area contributed by atoms with Crippen molar-refractivity contribution in [3.8, 4) is 0 Å². The lowest BCUT2D eigenvalue weighted by atomic mass is 9.71. The first-order valence-electron chi connectivity index (χ1n) is 15.7. The highest BCUT2D eigenvalue weighted by Gasteiger charge is 2.45. The fourth-order valence-corrected chi connectivity index (χ4v) is 7.38. The summed E-state index contributed by atoms with van der Waals surface area (Å²) in [6.45, 7) is 13.0. The van der Waals surface area contributed by atoms with Gasteiger partial charge in [-0.3, -0.25) is 4.79 Å². The second-order valence-corrected chi connectivity index (χ2v) is 13.3. The van der Waals surface area contributed by atoms with E-state index in [0.29, 0.717) is 22.7 Å². The lowest BCUT2D eigenvalue weighted by Gasteiger charge is -2.55. The molecule has 11 heteroatoms. The zero-order valence-corrected chi connectivity index (χ0v) is 25.9. The minimum absolute atomic E-state index is 0.0292. The number of aromatic nitrogens is 2. The highest BCUT2D eigenvalue weighted by molar-refractivity contribution is 6.01. The molecule has 10 nitrogen and oxygen atoms in total. The number of nitrogens with one attached hydrogen (secondary N) is 2. The largest absolute Gasteiger partial charge is 0.465 e. The molecule has 1 aromatic carbocycles. The minimum atomic E-state index is -0.917. The number of hydrogen-bond acceptors (Lipinski definition) is 7. The Bertz CT molecular complexity index is 1270. The third-order valence-electron chi connectivity index (χ3n) is 9.45. The van der Waals surface area contributed by atoms with Crippen LogP contribution in [0.2, 0.25) is 0 Å². The zero-order valence-electron chi connectivity index (χ0n) is 25.9. The molecule has 234 valence electrons. The molecule has 0 radical (unpaired) electrons. The molecular formula is C32H46FN7O3. The molecule has 1 aliphatic carbocycles. The zero-order chi connectivity index (χ0) is 30.7. The number of nitrogens with zero attached hydrogens (tertiary/aromatic N) is 5. The Hall–Kier alpha value is -3.47. The van der Waals surface area contributed by atoms with Gasteiger partial charge in [-0.05, 0) is 95.8 Å². The van der Waals surface area contributed by atoms with E-state index in [1.807, 2.05) is 27.7 Å². The maximum absolute atomic E-state index is 14.4. The van der Waals surface area contributed by atoms with Crippen LogP contribution in [0.1, 0.15) is 76.6 Å². The van der Waals surface area contributed by atoms with Gasteiger partial charge in [-0.15, -0.1) is 0 Å². The number of benzene rings is 1. The number of anilines is 3. The number of halogens is 1. The van der Waals surface area contributed by atoms with Crippen molar-refractivity contribution in [2.75, 3.05) is 42.9 Å². The second-order valence-electron chi connectivity index (χ2n) is 13.3. The van der Waals surface area contributed by atoms with Crippen molar-refractivity contribution < 1.29 is 19.1 Å². The van der Waals surface area contributed by atoms with Gasteiger partial charge in [-0.2, -0.15) is 0 Å². The van der Waals surface area contributed by atoms with E-state index in [-0.39, 0.29) is 29.6 Å². The SMILES string of the molecule is CC(C)N(C(=O)c1cc(F)ccc1Nc1cncnc1N1CCC2(CC1)CN(C[C@H]1CC[C@H](NC(=O)O)CC1)C2)C(C)C. The summed E-state index contributed by atoms with van der Waals surface area (Å²) in [5.41, 5.74) is 1.86. The maximum atomic E-state index is 14.4. The third-order valence-corrected chi connectivity index (χ3v) is 9.45. The summed E-state index contributed by atoms with van der Waals surface area (Å²) in [6, 6.07) is 4.33. The molecule has 0 unspecified atom stereocenters. The van der Waals surface area contributed by atoms with Crippen LogP contribution in [-0.4, -0.2) is 87.7 Å². The summed E-state index contributed by atoms with van der Waals surface area (Å²) >= 11 is 0. The van der Waals surface area contributed by atoms with E-state index in [9.17, 15) is 14.0 Å². The van der Waals surface area contributed by atoms with Gasteiger partial charge in [0.05, 0.1) is 17.4 Å². The number of carbonyl (C=O) groups excluding carboxylic acids is 1. The third kappa shape index (κ3) is 7.20. The Morgan fingerprint density at radius 1 is 1.07 bits per heavy atom. The smallest absolute Gasteiger partial charge is 0.404 e. The van der Waals surface area contributed by atoms with Crippen LogP contribution < -0.4 is 15.5 Å². The highest BCUT2D eigenvalue weighted by atomic mass is 19.1. The summed E-state index contributed by atoms with van der Waals surface area (Å²) in [4.78, 5) is 40.0. The van der Waals surface area contributed by atoms with Crippen LogP contribution in [0.4, 0.5) is 26.4 Å². The Morgan fingerprint density at radius 3 is 2.37 bits per heavy atom. The van der Waals surface area contributed by atoms with E-state index in [1.165, 1.54) is 12.1 Å². The fourth-order valence-electron chi connectivity index (χ4n) is 7.38. The van der Waals surface area contributed by atoms with Crippen molar-refractivity contribution in [2.24, 2.45) is 11.3 Å². The van der Waals surface area contributed by atoms with Crippen LogP contribution in [0, 0.1) is 17.2 Å². The molecule has 1 spiro atoms. The quantitative estimate of drug-likeness (QED) is 0.356. The van der Waals surface area contributed by atoms with Crippen LogP contribution in [0.25, 0.3) is 0 Å². The molecule has 2 aromatic rings. The van der Waals surface area contributed by atoms with Crippen molar-refractivity contribution in [1.82, 2.24) is 25.1 Å². The lowest BCUT2D eigenvalue weighted by molar-refractivity contribution is -0.0309. The topological polar surface area (TPSA) is 114 Å². The first-order chi connectivity index (χ1) is 20.5. The molecule has 2 aliphatic heterocycles. The van der Waals surface area contributed by atoms with E-state index in [1.54, 1.807) is 23.5 Å². The van der Waals surface area contributed by atoms with Gasteiger partial charge in [-0.25, -0.2) is 19.2 Å². The standard InChI is InChI=1S/C32H46FN7O3/c1-21(2)40(22(3)4)30(41)26-15-24(33)7-10-27(26)37-28-16-34-20-35-29(28)39-13-11-32(12-14-39)18-38(19-32)17-23-5-8-25(9-6-23)36-31(42)43/h7,10,15-16,20-23,25,36-37H,5-6,8-9,11-14,17-19H2,1-4H3,(H,42,43)/t23-,25-. The first kappa shape index (κ1) is 31.0. The first-order valence-corrected chi connectivity index (χ1v) is 15.7. The average Bonchev–Trinajstić information content (AvgIpc) is 2.94. The number of hydrogen-bond donors (Lipinski definition) is 3. The van der Waals surface area contributed by atoms with E-state index in [2.05, 4.69) is 30.4 Å². The molecule has 0 atom stereocenters. The lowest BCUT2D eigenvalue weighted by Crippen LogP contribution is -2.61. The molecule has 43 heavy (non-hydrogen) atoms. The molecule has 2 saturated heterocycles. The molecule has 0 bridgehead atoms. The van der Waals surface area contributed by atoms with Gasteiger partial charge in [0, 0.05) is 50.8 Å². The van der Waals surface area contributed by atoms with Crippen LogP contribution in [-0.2, 0) is 0 Å². The summed E-state index contributed by atoms with van der Waals surface area (Å²) in [6.07, 6.45) is 8.55. The predicted molar refractivity (Wildman–Crippen MR) is 165 cm³/mol. The van der Waals surface area contributed by atoms with Crippen molar-refractivity contribution >= 4 is 29.2 Å². The van der Waals surface area contributed by atoms with Crippen LogP contribution in [0.5, 0.6) is 0 Å². The minimum Gasteiger partial charge on any atom is -0.465 e. The normalized spacial score (nSPS) is 22.0. The monoisotopic (exact) mass is 595 g/mol. The average molecular weight is 596 g/mol. The van der Waals surface area contributed by atoms with Crippen molar-refractivity contribution in [3.05, 3.63) is 42.1 Å². The van der Waals surface area contributed by atoms with Crippen LogP contribution >= 0.6 is 0 Å². The molecule has 1 saturated carbocycles. The van der Waals surface area contributed by atoms with Gasteiger partial charge in [-0.1, -0.05) is 0 Å². The van der Waals surface area contributed by atoms with Crippen molar-refractivity contribution in [3.63, 3.8) is 0 Å². The van der Waals surface area contributed by atoms with Crippen molar-refractivity contribution in [2.45, 2.75) is 84.3 Å². The summed E-state index contributed by atoms with van der Waals surface area (Å²) in [5.74, 6) is 0.768. The molecule has 1 aromatic heterocycles. The number of piperidine rings is 1. The Balaban J connectivity index is 1.19. The van der Waals surface area contributed by atoms with Gasteiger partial charge in [0.25, 0.3) is 5.91 Å². The molecule has 5 rings (SSSR count). The van der Waals surface area contributed by atoms with Gasteiger partial charge in [0.1, 0.15) is 17.8 Å². The van der Waals surface area contributed by atoms with Crippen LogP contribution in [0.15, 0.2) is 30.7 Å². The molecule has 2 amide bonds. The highest BCUT2D eigenvalue weighted by Crippen LogP contribution is 2.43. The van der Waals surface area contributed by atoms with Gasteiger partial charge >= 0.3 is 6.09 Å². The summed E-state index contributed by atoms with van der Waals surface area (Å²) in [5, 5.41) is 15.0. The Kier molecular flexibility index (Phi) is 9.39. The fraction of sp³-hybridized carbons (Fsp3) is 0.625. The predicted octanol–water partition coefficient (Wildman–Crippen LogP) is 5.35. The molecule has 3 N–H and O–H groups in total. The van der Waals surface area contributed by atoms with Crippen molar-refractivity contribution in [1.29, 1.82) is 0 Å². The Labute approximate surface area is 254 Å². The number of carbonyl (C=O) groups is 2. The number of amides is 2. The van der Waals surface area contributed by atoms with Gasteiger partial charge < -0.3 is 30.4 Å². The van der Waals surface area contributed by atoms with Gasteiger partial charge in [0.15, 0.2) is 5.82 Å². The number of carboxylic acid groups (broad SMARTS) is 1. The Morgan fingerprint density at radius 2 is 1.74 bits per heavy atom. The summed E-state index contributed by atoms with van der Waals surface area (Å²) in [7, 11) is 0. The van der Waals surface area contributed by atoms with E-state index in [4.69, 9.17) is 5.11 Å². The van der Waals surface area contributed by atoms with E-state index < -0.39 is 11.9 Å². The number of rotatable bonds is 9. The maximum Gasteiger partial charge on any atom is 0.404 e. The molecule has 3 heterocycles. The molecule has 3 fully saturated rings. The van der Waals surface area contributed by atoms with E-state index >= 15 is 0 Å². The van der Waals surface area contributed by atoms with E-state index in [0.717, 1.165) is 77.1 Å². The molecular weight excluding hydrogens is 549 g/mol. The summed E-state index contributed by atoms with van der Waals surface area (Å²) < 4.78 is 14.4.